The molecule has 1 amide bonds. The number of hydrogen-bond acceptors (Lipinski definition) is 7. The molecular formula is C21H19Cl2N5O3S. The first kappa shape index (κ1) is 21.3. The summed E-state index contributed by atoms with van der Waals surface area (Å²) >= 11 is 14.0. The fourth-order valence-corrected chi connectivity index (χ4v) is 5.73. The van der Waals surface area contributed by atoms with Gasteiger partial charge in [-0.05, 0) is 55.8 Å². The Hall–Kier alpha value is -2.59. The number of carbonyl (C=O) groups is 1. The molecule has 5 rings (SSSR count). The Bertz CT molecular complexity index is 1280. The SMILES string of the molecule is NC(=O)C1CCN([C@@H](c2ccc(Cl)cc2Cl)c2sc3nc(-c4ccco4)nn3c2O)CC1. The number of nitrogens with two attached hydrogens (primary N) is 1. The molecule has 32 heavy (non-hydrogen) atoms. The van der Waals surface area contributed by atoms with Gasteiger partial charge in [-0.2, -0.15) is 9.50 Å². The van der Waals surface area contributed by atoms with Gasteiger partial charge in [0.05, 0.1) is 17.2 Å². The van der Waals surface area contributed by atoms with Gasteiger partial charge in [-0.15, -0.1) is 5.10 Å². The number of primary amides is 1. The molecule has 166 valence electrons. The molecule has 1 aliphatic rings. The lowest BCUT2D eigenvalue weighted by Crippen LogP contribution is -2.40. The molecule has 0 spiro atoms. The number of aromatic hydroxyl groups is 1. The van der Waals surface area contributed by atoms with Gasteiger partial charge in [0.2, 0.25) is 22.6 Å². The molecule has 3 N–H and O–H groups in total. The van der Waals surface area contributed by atoms with Gasteiger partial charge < -0.3 is 15.3 Å². The van der Waals surface area contributed by atoms with Gasteiger partial charge in [-0.25, -0.2) is 0 Å². The highest BCUT2D eigenvalue weighted by molar-refractivity contribution is 7.17. The van der Waals surface area contributed by atoms with E-state index in [1.807, 2.05) is 6.07 Å². The third-order valence-electron chi connectivity index (χ3n) is 5.74. The lowest BCUT2D eigenvalue weighted by atomic mass is 9.93. The number of rotatable bonds is 5. The molecule has 3 aromatic heterocycles. The molecule has 0 unspecified atom stereocenters. The number of likely N-dealkylation sites (tertiary alicyclic amines) is 1. The van der Waals surface area contributed by atoms with Crippen molar-refractivity contribution in [3.05, 3.63) is 57.1 Å². The van der Waals surface area contributed by atoms with Crippen LogP contribution in [0.15, 0.2) is 41.0 Å². The highest BCUT2D eigenvalue weighted by Crippen LogP contribution is 2.44. The Morgan fingerprint density at radius 2 is 2.06 bits per heavy atom. The number of fused-ring (bicyclic) bond motifs is 1. The van der Waals surface area contributed by atoms with E-state index >= 15 is 0 Å². The van der Waals surface area contributed by atoms with Crippen LogP contribution in [0.2, 0.25) is 10.0 Å². The Labute approximate surface area is 197 Å². The normalized spacial score (nSPS) is 16.6. The van der Waals surface area contributed by atoms with Crippen molar-refractivity contribution >= 4 is 45.4 Å². The van der Waals surface area contributed by atoms with Crippen molar-refractivity contribution < 1.29 is 14.3 Å². The molecule has 1 aliphatic heterocycles. The van der Waals surface area contributed by atoms with Gasteiger partial charge in [0.1, 0.15) is 0 Å². The van der Waals surface area contributed by atoms with Gasteiger partial charge in [0.15, 0.2) is 5.76 Å². The molecule has 0 bridgehead atoms. The van der Waals surface area contributed by atoms with E-state index in [1.165, 1.54) is 15.9 Å². The highest BCUT2D eigenvalue weighted by Gasteiger charge is 2.34. The number of benzene rings is 1. The van der Waals surface area contributed by atoms with Crippen LogP contribution in [-0.2, 0) is 4.79 Å². The highest BCUT2D eigenvalue weighted by atomic mass is 35.5. The van der Waals surface area contributed by atoms with Gasteiger partial charge in [-0.3, -0.25) is 9.69 Å². The van der Waals surface area contributed by atoms with E-state index in [0.29, 0.717) is 57.4 Å². The quantitative estimate of drug-likeness (QED) is 0.429. The van der Waals surface area contributed by atoms with Crippen molar-refractivity contribution in [1.29, 1.82) is 0 Å². The van der Waals surface area contributed by atoms with E-state index in [2.05, 4.69) is 15.0 Å². The maximum absolute atomic E-state index is 11.6. The fraction of sp³-hybridized carbons (Fsp3) is 0.286. The lowest BCUT2D eigenvalue weighted by molar-refractivity contribution is -0.123. The average Bonchev–Trinajstić information content (AvgIpc) is 3.49. The summed E-state index contributed by atoms with van der Waals surface area (Å²) in [6, 6.07) is 8.48. The number of aromatic nitrogens is 3. The zero-order chi connectivity index (χ0) is 22.4. The second-order valence-electron chi connectivity index (χ2n) is 7.68. The summed E-state index contributed by atoms with van der Waals surface area (Å²) in [5, 5.41) is 16.5. The van der Waals surface area contributed by atoms with Crippen molar-refractivity contribution in [2.24, 2.45) is 11.7 Å². The molecule has 11 heteroatoms. The fourth-order valence-electron chi connectivity index (χ4n) is 4.11. The predicted molar refractivity (Wildman–Crippen MR) is 122 cm³/mol. The van der Waals surface area contributed by atoms with E-state index in [4.69, 9.17) is 33.4 Å². The smallest absolute Gasteiger partial charge is 0.230 e. The van der Waals surface area contributed by atoms with Gasteiger partial charge in [0.25, 0.3) is 0 Å². The van der Waals surface area contributed by atoms with E-state index in [1.54, 1.807) is 30.5 Å². The largest absolute Gasteiger partial charge is 0.492 e. The maximum atomic E-state index is 11.6. The Morgan fingerprint density at radius 1 is 1.28 bits per heavy atom. The number of nitrogens with zero attached hydrogens (tertiary/aromatic N) is 4. The van der Waals surface area contributed by atoms with Crippen molar-refractivity contribution in [3.63, 3.8) is 0 Å². The summed E-state index contributed by atoms with van der Waals surface area (Å²) < 4.78 is 6.77. The molecule has 4 aromatic rings. The number of thiazole rings is 1. The summed E-state index contributed by atoms with van der Waals surface area (Å²) in [6.07, 6.45) is 2.83. The molecule has 0 radical (unpaired) electrons. The van der Waals surface area contributed by atoms with E-state index in [-0.39, 0.29) is 23.7 Å². The molecule has 0 aliphatic carbocycles. The van der Waals surface area contributed by atoms with Crippen LogP contribution in [-0.4, -0.2) is 43.6 Å². The van der Waals surface area contributed by atoms with Crippen LogP contribution in [0.5, 0.6) is 5.88 Å². The summed E-state index contributed by atoms with van der Waals surface area (Å²) in [6.45, 7) is 1.25. The third-order valence-corrected chi connectivity index (χ3v) is 7.38. The summed E-state index contributed by atoms with van der Waals surface area (Å²) in [5.41, 5.74) is 6.31. The first-order chi connectivity index (χ1) is 15.4. The Morgan fingerprint density at radius 3 is 2.69 bits per heavy atom. The van der Waals surface area contributed by atoms with Crippen LogP contribution in [0.25, 0.3) is 16.5 Å². The average molecular weight is 492 g/mol. The van der Waals surface area contributed by atoms with Crippen LogP contribution >= 0.6 is 34.5 Å². The first-order valence-electron chi connectivity index (χ1n) is 10.0. The van der Waals surface area contributed by atoms with E-state index in [9.17, 15) is 9.90 Å². The standard InChI is InChI=1S/C21H19Cl2N5O3S/c22-12-3-4-13(14(23)10-12)16(27-7-5-11(6-8-27)18(24)29)17-20(30)28-21(32-17)25-19(26-28)15-2-1-9-31-15/h1-4,9-11,16,30H,5-8H2,(H2,24,29)/t16-/m0/s1. The zero-order valence-corrected chi connectivity index (χ0v) is 19.1. The Kier molecular flexibility index (Phi) is 5.58. The molecule has 1 atom stereocenters. The van der Waals surface area contributed by atoms with E-state index in [0.717, 1.165) is 5.56 Å². The minimum atomic E-state index is -0.353. The number of carbonyl (C=O) groups excluding carboxylic acids is 1. The first-order valence-corrected chi connectivity index (χ1v) is 11.6. The number of halogens is 2. The lowest BCUT2D eigenvalue weighted by Gasteiger charge is -2.36. The number of furan rings is 1. The molecule has 8 nitrogen and oxygen atoms in total. The van der Waals surface area contributed by atoms with Gasteiger partial charge >= 0.3 is 0 Å². The molecule has 4 heterocycles. The van der Waals surface area contributed by atoms with Crippen LogP contribution in [0.4, 0.5) is 0 Å². The minimum absolute atomic E-state index is 0.0108. The molecule has 1 aromatic carbocycles. The van der Waals surface area contributed by atoms with Crippen molar-refractivity contribution in [2.75, 3.05) is 13.1 Å². The molecule has 1 fully saturated rings. The number of piperidine rings is 1. The monoisotopic (exact) mass is 491 g/mol. The van der Waals surface area contributed by atoms with Crippen molar-refractivity contribution in [1.82, 2.24) is 19.5 Å². The van der Waals surface area contributed by atoms with Crippen LogP contribution in [0, 0.1) is 5.92 Å². The van der Waals surface area contributed by atoms with Crippen LogP contribution in [0.1, 0.15) is 29.3 Å². The van der Waals surface area contributed by atoms with E-state index < -0.39 is 0 Å². The molecule has 0 saturated carbocycles. The van der Waals surface area contributed by atoms with Gasteiger partial charge in [-0.1, -0.05) is 40.6 Å². The predicted octanol–water partition coefficient (Wildman–Crippen LogP) is 4.35. The van der Waals surface area contributed by atoms with Crippen LogP contribution < -0.4 is 5.73 Å². The Balaban J connectivity index is 1.57. The number of amides is 1. The number of hydrogen-bond donors (Lipinski definition) is 2. The summed E-state index contributed by atoms with van der Waals surface area (Å²) in [4.78, 5) is 19.5. The summed E-state index contributed by atoms with van der Waals surface area (Å²) in [7, 11) is 0. The second kappa shape index (κ2) is 8.40. The summed E-state index contributed by atoms with van der Waals surface area (Å²) in [5.74, 6) is 0.472. The third kappa shape index (κ3) is 3.75. The maximum Gasteiger partial charge on any atom is 0.230 e. The molecular weight excluding hydrogens is 473 g/mol. The molecule has 1 saturated heterocycles. The van der Waals surface area contributed by atoms with Gasteiger partial charge in [0, 0.05) is 16.0 Å². The van der Waals surface area contributed by atoms with Crippen LogP contribution in [0.3, 0.4) is 0 Å². The van der Waals surface area contributed by atoms with Crippen molar-refractivity contribution in [2.45, 2.75) is 18.9 Å². The second-order valence-corrected chi connectivity index (χ2v) is 9.53. The van der Waals surface area contributed by atoms with Crippen molar-refractivity contribution in [3.8, 4) is 17.5 Å². The minimum Gasteiger partial charge on any atom is -0.492 e. The zero-order valence-electron chi connectivity index (χ0n) is 16.7. The topological polar surface area (TPSA) is 110 Å².